The number of hydrogen-bond donors (Lipinski definition) is 0. The molecular weight excluding hydrogens is 366 g/mol. The van der Waals surface area contributed by atoms with Crippen LogP contribution in [0.1, 0.15) is 15.9 Å². The van der Waals surface area contributed by atoms with Crippen LogP contribution in [0.15, 0.2) is 48.5 Å². The van der Waals surface area contributed by atoms with E-state index in [0.717, 1.165) is 15.6 Å². The molecule has 0 spiro atoms. The molecule has 0 N–H and O–H groups in total. The predicted octanol–water partition coefficient (Wildman–Crippen LogP) is 2.21. The average molecular weight is 391 g/mol. The van der Waals surface area contributed by atoms with Gasteiger partial charge in [-0.25, -0.2) is 0 Å². The van der Waals surface area contributed by atoms with Crippen molar-refractivity contribution in [3.8, 4) is 5.75 Å². The summed E-state index contributed by atoms with van der Waals surface area (Å²) >= 11 is 0. The summed E-state index contributed by atoms with van der Waals surface area (Å²) in [6.45, 7) is 0.458. The lowest BCUT2D eigenvalue weighted by molar-refractivity contribution is 0.0785. The van der Waals surface area contributed by atoms with Gasteiger partial charge in [-0.15, -0.1) is 0 Å². The van der Waals surface area contributed by atoms with Crippen molar-refractivity contribution in [1.29, 1.82) is 0 Å². The van der Waals surface area contributed by atoms with Crippen molar-refractivity contribution >= 4 is 21.8 Å². The molecule has 0 heterocycles. The SMILES string of the molecule is COc1ccc(CN(C)C(=O)c2ccc(N(C)S(=O)(=O)N(C)C)cc2)cc1. The Kier molecular flexibility index (Phi) is 6.45. The second-order valence-corrected chi connectivity index (χ2v) is 8.49. The molecule has 27 heavy (non-hydrogen) atoms. The smallest absolute Gasteiger partial charge is 0.303 e. The van der Waals surface area contributed by atoms with Gasteiger partial charge in [0.25, 0.3) is 5.91 Å². The van der Waals surface area contributed by atoms with Crippen molar-refractivity contribution in [2.24, 2.45) is 0 Å². The second kappa shape index (κ2) is 8.41. The number of nitrogens with zero attached hydrogens (tertiary/aromatic N) is 3. The highest BCUT2D eigenvalue weighted by Crippen LogP contribution is 2.19. The fourth-order valence-corrected chi connectivity index (χ4v) is 3.37. The number of benzene rings is 2. The molecule has 0 atom stereocenters. The van der Waals surface area contributed by atoms with Crippen LogP contribution in [-0.2, 0) is 16.8 Å². The molecule has 2 aromatic rings. The fourth-order valence-electron chi connectivity index (χ4n) is 2.49. The van der Waals surface area contributed by atoms with Crippen molar-refractivity contribution in [2.45, 2.75) is 6.54 Å². The summed E-state index contributed by atoms with van der Waals surface area (Å²) < 4.78 is 31.8. The largest absolute Gasteiger partial charge is 0.497 e. The maximum absolute atomic E-state index is 12.6. The highest BCUT2D eigenvalue weighted by molar-refractivity contribution is 7.90. The van der Waals surface area contributed by atoms with Crippen LogP contribution < -0.4 is 9.04 Å². The van der Waals surface area contributed by atoms with E-state index in [4.69, 9.17) is 4.74 Å². The van der Waals surface area contributed by atoms with Gasteiger partial charge in [-0.3, -0.25) is 9.10 Å². The first kappa shape index (κ1) is 20.7. The number of carbonyl (C=O) groups is 1. The van der Waals surface area contributed by atoms with Crippen LogP contribution in [0.4, 0.5) is 5.69 Å². The highest BCUT2D eigenvalue weighted by Gasteiger charge is 2.21. The van der Waals surface area contributed by atoms with Gasteiger partial charge in [-0.2, -0.15) is 12.7 Å². The van der Waals surface area contributed by atoms with Crippen molar-refractivity contribution in [1.82, 2.24) is 9.21 Å². The van der Waals surface area contributed by atoms with E-state index < -0.39 is 10.2 Å². The normalized spacial score (nSPS) is 11.3. The Morgan fingerprint density at radius 3 is 1.96 bits per heavy atom. The summed E-state index contributed by atoms with van der Waals surface area (Å²) in [5.74, 6) is 0.621. The first-order valence-corrected chi connectivity index (χ1v) is 9.71. The van der Waals surface area contributed by atoms with Crippen LogP contribution in [0.3, 0.4) is 0 Å². The van der Waals surface area contributed by atoms with E-state index in [2.05, 4.69) is 0 Å². The van der Waals surface area contributed by atoms with Gasteiger partial charge in [0, 0.05) is 40.3 Å². The fraction of sp³-hybridized carbons (Fsp3) is 0.316. The summed E-state index contributed by atoms with van der Waals surface area (Å²) in [5.41, 5.74) is 1.96. The number of rotatable bonds is 7. The molecule has 0 fully saturated rings. The summed E-state index contributed by atoms with van der Waals surface area (Å²) in [6.07, 6.45) is 0. The Morgan fingerprint density at radius 1 is 0.926 bits per heavy atom. The van der Waals surface area contributed by atoms with E-state index in [9.17, 15) is 13.2 Å². The zero-order valence-electron chi connectivity index (χ0n) is 16.2. The van der Waals surface area contributed by atoms with Gasteiger partial charge >= 0.3 is 10.2 Å². The standard InChI is InChI=1S/C19H25N3O4S/c1-20(2)27(24,25)22(4)17-10-8-16(9-11-17)19(23)21(3)14-15-6-12-18(26-5)13-7-15/h6-13H,14H2,1-5H3. The van der Waals surface area contributed by atoms with Gasteiger partial charge in [0.15, 0.2) is 0 Å². The van der Waals surface area contributed by atoms with Crippen molar-refractivity contribution in [3.05, 3.63) is 59.7 Å². The van der Waals surface area contributed by atoms with E-state index in [1.165, 1.54) is 25.4 Å². The minimum atomic E-state index is -3.56. The molecule has 0 saturated carbocycles. The molecule has 2 aromatic carbocycles. The van der Waals surface area contributed by atoms with E-state index in [0.29, 0.717) is 17.8 Å². The third kappa shape index (κ3) is 4.78. The lowest BCUT2D eigenvalue weighted by atomic mass is 10.1. The number of amides is 1. The molecule has 0 aliphatic heterocycles. The molecule has 146 valence electrons. The van der Waals surface area contributed by atoms with Crippen LogP contribution in [-0.4, -0.2) is 58.8 Å². The molecule has 0 aliphatic carbocycles. The lowest BCUT2D eigenvalue weighted by Crippen LogP contribution is -2.37. The second-order valence-electron chi connectivity index (χ2n) is 6.31. The van der Waals surface area contributed by atoms with Gasteiger partial charge in [0.05, 0.1) is 12.8 Å². The summed E-state index contributed by atoms with van der Waals surface area (Å²) in [6, 6.07) is 14.0. The Hall–Kier alpha value is -2.58. The topological polar surface area (TPSA) is 70.2 Å². The van der Waals surface area contributed by atoms with Crippen molar-refractivity contribution < 1.29 is 17.9 Å². The summed E-state index contributed by atoms with van der Waals surface area (Å²) in [5, 5.41) is 0. The van der Waals surface area contributed by atoms with Crippen LogP contribution in [0.5, 0.6) is 5.75 Å². The highest BCUT2D eigenvalue weighted by atomic mass is 32.2. The van der Waals surface area contributed by atoms with Crippen molar-refractivity contribution in [2.75, 3.05) is 39.6 Å². The van der Waals surface area contributed by atoms with Crippen LogP contribution >= 0.6 is 0 Å². The van der Waals surface area contributed by atoms with E-state index >= 15 is 0 Å². The molecule has 0 aromatic heterocycles. The number of ether oxygens (including phenoxy) is 1. The quantitative estimate of drug-likeness (QED) is 0.726. The molecule has 0 saturated heterocycles. The average Bonchev–Trinajstić information content (AvgIpc) is 2.67. The third-order valence-electron chi connectivity index (χ3n) is 4.21. The molecule has 0 unspecified atom stereocenters. The molecule has 2 rings (SSSR count). The zero-order chi connectivity index (χ0) is 20.2. The number of hydrogen-bond acceptors (Lipinski definition) is 4. The van der Waals surface area contributed by atoms with Crippen LogP contribution in [0, 0.1) is 0 Å². The van der Waals surface area contributed by atoms with Gasteiger partial charge in [0.2, 0.25) is 0 Å². The van der Waals surface area contributed by atoms with Crippen molar-refractivity contribution in [3.63, 3.8) is 0 Å². The molecule has 0 bridgehead atoms. The van der Waals surface area contributed by atoms with Gasteiger partial charge < -0.3 is 9.64 Å². The molecule has 7 nitrogen and oxygen atoms in total. The van der Waals surface area contributed by atoms with Crippen LogP contribution in [0.25, 0.3) is 0 Å². The maximum atomic E-state index is 12.6. The monoisotopic (exact) mass is 391 g/mol. The molecular formula is C19H25N3O4S. The first-order valence-electron chi connectivity index (χ1n) is 8.31. The third-order valence-corrected chi connectivity index (χ3v) is 6.04. The minimum Gasteiger partial charge on any atom is -0.497 e. The van der Waals surface area contributed by atoms with Crippen LogP contribution in [0.2, 0.25) is 0 Å². The zero-order valence-corrected chi connectivity index (χ0v) is 17.0. The van der Waals surface area contributed by atoms with E-state index in [-0.39, 0.29) is 5.91 Å². The van der Waals surface area contributed by atoms with E-state index in [1.54, 1.807) is 43.3 Å². The Morgan fingerprint density at radius 2 is 1.48 bits per heavy atom. The summed E-state index contributed by atoms with van der Waals surface area (Å²) in [4.78, 5) is 14.2. The molecule has 1 amide bonds. The summed E-state index contributed by atoms with van der Waals surface area (Å²) in [7, 11) is 4.18. The van der Waals surface area contributed by atoms with Gasteiger partial charge in [-0.1, -0.05) is 12.1 Å². The molecule has 0 radical (unpaired) electrons. The minimum absolute atomic E-state index is 0.143. The van der Waals surface area contributed by atoms with Gasteiger partial charge in [-0.05, 0) is 42.0 Å². The maximum Gasteiger partial charge on any atom is 0.303 e. The lowest BCUT2D eigenvalue weighted by Gasteiger charge is -2.23. The Balaban J connectivity index is 2.10. The number of methoxy groups -OCH3 is 1. The molecule has 0 aliphatic rings. The Labute approximate surface area is 160 Å². The molecule has 8 heteroatoms. The number of carbonyl (C=O) groups excluding carboxylic acids is 1. The number of anilines is 1. The van der Waals surface area contributed by atoms with Gasteiger partial charge in [0.1, 0.15) is 5.75 Å². The predicted molar refractivity (Wildman–Crippen MR) is 106 cm³/mol. The Bertz CT molecular complexity index is 878. The first-order chi connectivity index (χ1) is 12.7. The van der Waals surface area contributed by atoms with E-state index in [1.807, 2.05) is 24.3 Å².